The number of rotatable bonds is 6. The van der Waals surface area contributed by atoms with Crippen LogP contribution in [-0.4, -0.2) is 15.0 Å². The Kier molecular flexibility index (Phi) is 9.07. The highest BCUT2D eigenvalue weighted by Crippen LogP contribution is 2.61. The zero-order valence-electron chi connectivity index (χ0n) is 36.5. The van der Waals surface area contributed by atoms with Crippen LogP contribution in [-0.2, 0) is 5.41 Å². The van der Waals surface area contributed by atoms with Crippen LogP contribution in [0, 0.1) is 0 Å². The minimum absolute atomic E-state index is 0.610. The van der Waals surface area contributed by atoms with E-state index >= 15 is 0 Å². The standard InChI is InChI=1S/C64H41N3/c1-4-18-42(19-5-1)45-32-34-46(35-33-45)61-65-62(67-63(66-61)50-39-48(43-20-6-2-7-21-43)38-49(40-50)44-22-8-3-9-23-44)47-36-37-56-52-25-11-10-24-51(52)53-26-12-15-29-57(53)64(60(56)41-47)58-30-16-13-27-54(58)55-28-14-17-31-59(55)64/h1-41H. The molecule has 3 nitrogen and oxygen atoms in total. The van der Waals surface area contributed by atoms with E-state index < -0.39 is 5.41 Å². The zero-order valence-corrected chi connectivity index (χ0v) is 36.5. The molecule has 2 aliphatic rings. The molecule has 0 bridgehead atoms. The van der Waals surface area contributed by atoms with Gasteiger partial charge in [-0.25, -0.2) is 15.0 Å². The topological polar surface area (TPSA) is 38.7 Å². The molecule has 13 rings (SSSR count). The van der Waals surface area contributed by atoms with Crippen LogP contribution in [0.15, 0.2) is 249 Å². The van der Waals surface area contributed by atoms with Gasteiger partial charge in [0, 0.05) is 16.7 Å². The van der Waals surface area contributed by atoms with E-state index in [0.717, 1.165) is 50.1 Å². The molecule has 1 aromatic heterocycles. The van der Waals surface area contributed by atoms with E-state index in [4.69, 9.17) is 15.0 Å². The molecule has 67 heavy (non-hydrogen) atoms. The van der Waals surface area contributed by atoms with Gasteiger partial charge in [0.25, 0.3) is 0 Å². The third kappa shape index (κ3) is 6.31. The van der Waals surface area contributed by atoms with Gasteiger partial charge >= 0.3 is 0 Å². The summed E-state index contributed by atoms with van der Waals surface area (Å²) in [5, 5.41) is 0. The molecule has 1 spiro atoms. The molecule has 0 saturated heterocycles. The highest BCUT2D eigenvalue weighted by Gasteiger charge is 2.49. The summed E-state index contributed by atoms with van der Waals surface area (Å²) in [6.45, 7) is 0. The Morgan fingerprint density at radius 1 is 0.194 bits per heavy atom. The fourth-order valence-electron chi connectivity index (χ4n) is 10.7. The van der Waals surface area contributed by atoms with Crippen molar-refractivity contribution in [3.8, 4) is 101 Å². The maximum atomic E-state index is 5.48. The minimum atomic E-state index is -0.630. The molecule has 312 valence electrons. The molecule has 0 unspecified atom stereocenters. The second kappa shape index (κ2) is 15.7. The average molecular weight is 852 g/mol. The van der Waals surface area contributed by atoms with Gasteiger partial charge in [-0.3, -0.25) is 0 Å². The zero-order chi connectivity index (χ0) is 44.3. The predicted molar refractivity (Wildman–Crippen MR) is 274 cm³/mol. The Balaban J connectivity index is 1.08. The first-order valence-corrected chi connectivity index (χ1v) is 22.9. The summed E-state index contributed by atoms with van der Waals surface area (Å²) in [4.78, 5) is 16.2. The molecule has 0 radical (unpaired) electrons. The Labute approximate surface area is 390 Å². The van der Waals surface area contributed by atoms with Gasteiger partial charge in [0.05, 0.1) is 5.41 Å². The average Bonchev–Trinajstić information content (AvgIpc) is 3.66. The number of aromatic nitrogens is 3. The predicted octanol–water partition coefficient (Wildman–Crippen LogP) is 15.9. The maximum Gasteiger partial charge on any atom is 0.164 e. The summed E-state index contributed by atoms with van der Waals surface area (Å²) in [5.41, 5.74) is 21.2. The molecule has 0 aliphatic heterocycles. The SMILES string of the molecule is c1ccc(-c2ccc(-c3nc(-c4cc(-c5ccccc5)cc(-c5ccccc5)c4)nc(-c4ccc5c(c4)C4(c6ccccc6-c6ccccc6-5)c5ccccc5-c5ccccc54)n3)cc2)cc1. The monoisotopic (exact) mass is 851 g/mol. The van der Waals surface area contributed by atoms with Crippen LogP contribution in [0.2, 0.25) is 0 Å². The third-order valence-electron chi connectivity index (χ3n) is 13.8. The van der Waals surface area contributed by atoms with E-state index in [1.165, 1.54) is 55.6 Å². The lowest BCUT2D eigenvalue weighted by molar-refractivity contribution is 0.775. The summed E-state index contributed by atoms with van der Waals surface area (Å²) in [5.74, 6) is 1.84. The first kappa shape index (κ1) is 38.6. The lowest BCUT2D eigenvalue weighted by Gasteiger charge is -2.35. The molecule has 0 N–H and O–H groups in total. The van der Waals surface area contributed by atoms with Crippen LogP contribution < -0.4 is 0 Å². The fraction of sp³-hybridized carbons (Fsp3) is 0.0156. The van der Waals surface area contributed by atoms with Crippen LogP contribution >= 0.6 is 0 Å². The fourth-order valence-corrected chi connectivity index (χ4v) is 10.7. The van der Waals surface area contributed by atoms with Crippen molar-refractivity contribution in [1.82, 2.24) is 15.0 Å². The molecule has 1 heterocycles. The van der Waals surface area contributed by atoms with Crippen molar-refractivity contribution in [2.75, 3.05) is 0 Å². The summed E-state index contributed by atoms with van der Waals surface area (Å²) in [7, 11) is 0. The molecule has 2 aliphatic carbocycles. The Morgan fingerprint density at radius 3 is 1.00 bits per heavy atom. The van der Waals surface area contributed by atoms with Crippen molar-refractivity contribution in [1.29, 1.82) is 0 Å². The van der Waals surface area contributed by atoms with Gasteiger partial charge in [0.1, 0.15) is 0 Å². The molecule has 10 aromatic carbocycles. The van der Waals surface area contributed by atoms with Crippen LogP contribution in [0.4, 0.5) is 0 Å². The lowest BCUT2D eigenvalue weighted by atomic mass is 9.65. The van der Waals surface area contributed by atoms with Gasteiger partial charge < -0.3 is 0 Å². The van der Waals surface area contributed by atoms with Crippen molar-refractivity contribution in [2.24, 2.45) is 0 Å². The normalized spacial score (nSPS) is 12.6. The van der Waals surface area contributed by atoms with Crippen molar-refractivity contribution < 1.29 is 0 Å². The van der Waals surface area contributed by atoms with Gasteiger partial charge in [0.2, 0.25) is 0 Å². The molecule has 0 saturated carbocycles. The highest BCUT2D eigenvalue weighted by atomic mass is 15.0. The van der Waals surface area contributed by atoms with Gasteiger partial charge in [-0.2, -0.15) is 0 Å². The smallest absolute Gasteiger partial charge is 0.164 e. The van der Waals surface area contributed by atoms with E-state index in [1.54, 1.807) is 0 Å². The Morgan fingerprint density at radius 2 is 0.507 bits per heavy atom. The van der Waals surface area contributed by atoms with Crippen molar-refractivity contribution in [3.63, 3.8) is 0 Å². The highest BCUT2D eigenvalue weighted by molar-refractivity contribution is 5.98. The summed E-state index contributed by atoms with van der Waals surface area (Å²) in [6.07, 6.45) is 0. The molecule has 0 fully saturated rings. The maximum absolute atomic E-state index is 5.48. The second-order valence-electron chi connectivity index (χ2n) is 17.5. The van der Waals surface area contributed by atoms with E-state index in [2.05, 4.69) is 243 Å². The van der Waals surface area contributed by atoms with E-state index in [-0.39, 0.29) is 0 Å². The van der Waals surface area contributed by atoms with Crippen LogP contribution in [0.3, 0.4) is 0 Å². The number of hydrogen-bond donors (Lipinski definition) is 0. The quantitative estimate of drug-likeness (QED) is 0.167. The third-order valence-corrected chi connectivity index (χ3v) is 13.8. The van der Waals surface area contributed by atoms with Crippen LogP contribution in [0.1, 0.15) is 22.3 Å². The minimum Gasteiger partial charge on any atom is -0.208 e. The summed E-state index contributed by atoms with van der Waals surface area (Å²) < 4.78 is 0. The lowest BCUT2D eigenvalue weighted by Crippen LogP contribution is -2.29. The van der Waals surface area contributed by atoms with Crippen molar-refractivity contribution >= 4 is 0 Å². The number of fused-ring (bicyclic) bond motifs is 12. The second-order valence-corrected chi connectivity index (χ2v) is 17.5. The molecule has 0 atom stereocenters. The molecular weight excluding hydrogens is 811 g/mol. The van der Waals surface area contributed by atoms with Crippen LogP contribution in [0.25, 0.3) is 101 Å². The number of benzene rings is 10. The van der Waals surface area contributed by atoms with Crippen LogP contribution in [0.5, 0.6) is 0 Å². The van der Waals surface area contributed by atoms with Gasteiger partial charge in [-0.05, 0) is 113 Å². The largest absolute Gasteiger partial charge is 0.208 e. The molecule has 0 amide bonds. The Bertz CT molecular complexity index is 3570. The van der Waals surface area contributed by atoms with Crippen molar-refractivity contribution in [3.05, 3.63) is 271 Å². The summed E-state index contributed by atoms with van der Waals surface area (Å²) >= 11 is 0. The first-order valence-electron chi connectivity index (χ1n) is 22.9. The van der Waals surface area contributed by atoms with E-state index in [1.807, 2.05) is 6.07 Å². The Hall–Kier alpha value is -8.79. The number of hydrogen-bond acceptors (Lipinski definition) is 3. The van der Waals surface area contributed by atoms with E-state index in [0.29, 0.717) is 17.5 Å². The number of nitrogens with zero attached hydrogens (tertiary/aromatic N) is 3. The molecule has 3 heteroatoms. The van der Waals surface area contributed by atoms with Gasteiger partial charge in [0.15, 0.2) is 17.5 Å². The van der Waals surface area contributed by atoms with Gasteiger partial charge in [-0.15, -0.1) is 0 Å². The van der Waals surface area contributed by atoms with Gasteiger partial charge in [-0.1, -0.05) is 224 Å². The van der Waals surface area contributed by atoms with E-state index in [9.17, 15) is 0 Å². The summed E-state index contributed by atoms with van der Waals surface area (Å²) in [6, 6.07) is 89.6. The molecule has 11 aromatic rings. The molecular formula is C64H41N3. The van der Waals surface area contributed by atoms with Crippen molar-refractivity contribution in [2.45, 2.75) is 5.41 Å². The first-order chi connectivity index (χ1) is 33.2.